The molecule has 110 valence electrons. The Morgan fingerprint density at radius 2 is 1.85 bits per heavy atom. The molecule has 0 atom stereocenters. The highest BCUT2D eigenvalue weighted by Crippen LogP contribution is 2.14. The average molecular weight is 278 g/mol. The molecular formula is C15H22N2O3. The van der Waals surface area contributed by atoms with Crippen LogP contribution in [0.1, 0.15) is 19.8 Å². The highest BCUT2D eigenvalue weighted by molar-refractivity contribution is 5.81. The number of hydrogen-bond donors (Lipinski definition) is 1. The first-order valence-corrected chi connectivity index (χ1v) is 6.80. The fraction of sp³-hybridized carbons (Fsp3) is 0.467. The van der Waals surface area contributed by atoms with E-state index >= 15 is 0 Å². The molecule has 1 N–H and O–H groups in total. The van der Waals surface area contributed by atoms with Crippen molar-refractivity contribution in [1.29, 1.82) is 0 Å². The summed E-state index contributed by atoms with van der Waals surface area (Å²) >= 11 is 0. The van der Waals surface area contributed by atoms with Crippen LogP contribution in [0.5, 0.6) is 0 Å². The normalized spacial score (nSPS) is 10.1. The summed E-state index contributed by atoms with van der Waals surface area (Å²) in [6.45, 7) is 3.42. The average Bonchev–Trinajstić information content (AvgIpc) is 2.45. The van der Waals surface area contributed by atoms with Gasteiger partial charge in [-0.2, -0.15) is 0 Å². The van der Waals surface area contributed by atoms with E-state index in [9.17, 15) is 9.59 Å². The van der Waals surface area contributed by atoms with Crippen molar-refractivity contribution < 1.29 is 14.7 Å². The van der Waals surface area contributed by atoms with E-state index < -0.39 is 5.97 Å². The Hall–Kier alpha value is -2.04. The second kappa shape index (κ2) is 8.19. The van der Waals surface area contributed by atoms with Crippen LogP contribution in [-0.2, 0) is 9.59 Å². The predicted octanol–water partition coefficient (Wildman–Crippen LogP) is 1.84. The van der Waals surface area contributed by atoms with Crippen molar-refractivity contribution in [2.24, 2.45) is 0 Å². The van der Waals surface area contributed by atoms with Gasteiger partial charge in [-0.1, -0.05) is 18.2 Å². The highest BCUT2D eigenvalue weighted by Gasteiger charge is 2.14. The largest absolute Gasteiger partial charge is 0.481 e. The second-order valence-electron chi connectivity index (χ2n) is 4.66. The molecule has 0 saturated carbocycles. The summed E-state index contributed by atoms with van der Waals surface area (Å²) in [7, 11) is 1.77. The number of likely N-dealkylation sites (N-methyl/N-ethyl adjacent to an activating group) is 1. The number of benzene rings is 1. The summed E-state index contributed by atoms with van der Waals surface area (Å²) in [4.78, 5) is 26.2. The van der Waals surface area contributed by atoms with E-state index in [0.717, 1.165) is 5.69 Å². The van der Waals surface area contributed by atoms with Crippen LogP contribution < -0.4 is 4.90 Å². The monoisotopic (exact) mass is 278 g/mol. The van der Waals surface area contributed by atoms with Crippen LogP contribution in [0, 0.1) is 0 Å². The Morgan fingerprint density at radius 3 is 2.40 bits per heavy atom. The number of carbonyl (C=O) groups is 2. The molecule has 0 radical (unpaired) electrons. The molecule has 0 bridgehead atoms. The number of hydrogen-bond acceptors (Lipinski definition) is 3. The third-order valence-electron chi connectivity index (χ3n) is 3.17. The molecule has 1 amide bonds. The van der Waals surface area contributed by atoms with Crippen LogP contribution in [-0.4, -0.2) is 48.6 Å². The third-order valence-corrected chi connectivity index (χ3v) is 3.17. The third kappa shape index (κ3) is 5.30. The van der Waals surface area contributed by atoms with Gasteiger partial charge in [0.05, 0.1) is 6.54 Å². The molecule has 5 heteroatoms. The summed E-state index contributed by atoms with van der Waals surface area (Å²) in [5.74, 6) is -0.776. The number of carboxylic acids is 1. The Bertz CT molecular complexity index is 434. The van der Waals surface area contributed by atoms with E-state index in [4.69, 9.17) is 5.11 Å². The predicted molar refractivity (Wildman–Crippen MR) is 78.8 cm³/mol. The van der Waals surface area contributed by atoms with Gasteiger partial charge in [0.2, 0.25) is 5.91 Å². The lowest BCUT2D eigenvalue weighted by Crippen LogP contribution is -2.39. The first kappa shape index (κ1) is 16.0. The van der Waals surface area contributed by atoms with Crippen molar-refractivity contribution in [2.75, 3.05) is 31.6 Å². The maximum absolute atomic E-state index is 12.0. The number of anilines is 1. The maximum atomic E-state index is 12.0. The van der Waals surface area contributed by atoms with E-state index in [2.05, 4.69) is 0 Å². The van der Waals surface area contributed by atoms with E-state index in [1.165, 1.54) is 0 Å². The molecule has 1 rings (SSSR count). The second-order valence-corrected chi connectivity index (χ2v) is 4.66. The van der Waals surface area contributed by atoms with Crippen LogP contribution in [0.2, 0.25) is 0 Å². The minimum Gasteiger partial charge on any atom is -0.481 e. The molecule has 1 aromatic carbocycles. The van der Waals surface area contributed by atoms with Gasteiger partial charge in [0, 0.05) is 32.2 Å². The molecule has 0 aliphatic rings. The minimum atomic E-state index is -0.810. The summed E-state index contributed by atoms with van der Waals surface area (Å²) < 4.78 is 0. The Morgan fingerprint density at radius 1 is 1.20 bits per heavy atom. The highest BCUT2D eigenvalue weighted by atomic mass is 16.4. The number of nitrogens with zero attached hydrogens (tertiary/aromatic N) is 2. The van der Waals surface area contributed by atoms with Crippen LogP contribution in [0.15, 0.2) is 30.3 Å². The molecule has 1 aromatic rings. The fourth-order valence-electron chi connectivity index (χ4n) is 1.82. The first-order chi connectivity index (χ1) is 9.54. The van der Waals surface area contributed by atoms with E-state index in [-0.39, 0.29) is 18.9 Å². The molecule has 0 aliphatic heterocycles. The first-order valence-electron chi connectivity index (χ1n) is 6.80. The number of aliphatic carboxylic acids is 1. The molecule has 0 aliphatic carbocycles. The standard InChI is InChI=1S/C15H22N2O3/c1-3-16(2)14(18)12-17(11-7-10-15(19)20)13-8-5-4-6-9-13/h4-6,8-9H,3,7,10-12H2,1-2H3,(H,19,20). The summed E-state index contributed by atoms with van der Waals surface area (Å²) in [6, 6.07) is 9.60. The summed E-state index contributed by atoms with van der Waals surface area (Å²) in [5, 5.41) is 8.71. The van der Waals surface area contributed by atoms with Gasteiger partial charge in [0.15, 0.2) is 0 Å². The van der Waals surface area contributed by atoms with Crippen LogP contribution in [0.25, 0.3) is 0 Å². The van der Waals surface area contributed by atoms with Crippen LogP contribution >= 0.6 is 0 Å². The van der Waals surface area contributed by atoms with Gasteiger partial charge in [-0.25, -0.2) is 0 Å². The molecule has 20 heavy (non-hydrogen) atoms. The SMILES string of the molecule is CCN(C)C(=O)CN(CCCC(=O)O)c1ccccc1. The van der Waals surface area contributed by atoms with Gasteiger partial charge in [-0.05, 0) is 25.5 Å². The molecule has 0 spiro atoms. The van der Waals surface area contributed by atoms with Crippen molar-refractivity contribution >= 4 is 17.6 Å². The van der Waals surface area contributed by atoms with Gasteiger partial charge in [-0.3, -0.25) is 9.59 Å². The summed E-state index contributed by atoms with van der Waals surface area (Å²) in [6.07, 6.45) is 0.633. The van der Waals surface area contributed by atoms with Crippen LogP contribution in [0.4, 0.5) is 5.69 Å². The van der Waals surface area contributed by atoms with Gasteiger partial charge < -0.3 is 14.9 Å². The maximum Gasteiger partial charge on any atom is 0.303 e. The Kier molecular flexibility index (Phi) is 6.56. The molecule has 0 fully saturated rings. The topological polar surface area (TPSA) is 60.9 Å². The zero-order valence-corrected chi connectivity index (χ0v) is 12.1. The molecule has 0 heterocycles. The zero-order chi connectivity index (χ0) is 15.0. The van der Waals surface area contributed by atoms with Crippen molar-refractivity contribution in [3.63, 3.8) is 0 Å². The van der Waals surface area contributed by atoms with Gasteiger partial charge in [-0.15, -0.1) is 0 Å². The molecule has 5 nitrogen and oxygen atoms in total. The molecule has 0 unspecified atom stereocenters. The molecule has 0 saturated heterocycles. The van der Waals surface area contributed by atoms with Gasteiger partial charge in [0.25, 0.3) is 0 Å². The van der Waals surface area contributed by atoms with Crippen molar-refractivity contribution in [3.8, 4) is 0 Å². The smallest absolute Gasteiger partial charge is 0.303 e. The molecular weight excluding hydrogens is 256 g/mol. The van der Waals surface area contributed by atoms with Gasteiger partial charge >= 0.3 is 5.97 Å². The lowest BCUT2D eigenvalue weighted by atomic mass is 10.2. The van der Waals surface area contributed by atoms with E-state index in [0.29, 0.717) is 19.5 Å². The lowest BCUT2D eigenvalue weighted by molar-refractivity contribution is -0.137. The molecule has 0 aromatic heterocycles. The number of amides is 1. The fourth-order valence-corrected chi connectivity index (χ4v) is 1.82. The Labute approximate surface area is 119 Å². The number of carboxylic acid groups (broad SMARTS) is 1. The van der Waals surface area contributed by atoms with Crippen molar-refractivity contribution in [2.45, 2.75) is 19.8 Å². The quantitative estimate of drug-likeness (QED) is 0.788. The summed E-state index contributed by atoms with van der Waals surface area (Å²) in [5.41, 5.74) is 0.941. The zero-order valence-electron chi connectivity index (χ0n) is 12.1. The number of rotatable bonds is 8. The lowest BCUT2D eigenvalue weighted by Gasteiger charge is -2.26. The van der Waals surface area contributed by atoms with E-state index in [1.807, 2.05) is 42.2 Å². The number of carbonyl (C=O) groups excluding carboxylic acids is 1. The van der Waals surface area contributed by atoms with Crippen LogP contribution in [0.3, 0.4) is 0 Å². The van der Waals surface area contributed by atoms with Gasteiger partial charge in [0.1, 0.15) is 0 Å². The van der Waals surface area contributed by atoms with Crippen molar-refractivity contribution in [3.05, 3.63) is 30.3 Å². The minimum absolute atomic E-state index is 0.0340. The number of para-hydroxylation sites is 1. The van der Waals surface area contributed by atoms with E-state index in [1.54, 1.807) is 11.9 Å². The Balaban J connectivity index is 2.69. The van der Waals surface area contributed by atoms with Crippen molar-refractivity contribution in [1.82, 2.24) is 4.90 Å².